The fraction of sp³-hybridized carbons (Fsp3) is 0.462. The first-order valence-electron chi connectivity index (χ1n) is 6.55. The molecule has 1 aliphatic rings. The summed E-state index contributed by atoms with van der Waals surface area (Å²) in [6.45, 7) is 2.04. The first kappa shape index (κ1) is 12.5. The topological polar surface area (TPSA) is 69.6 Å². The van der Waals surface area contributed by atoms with Crippen LogP contribution in [0.2, 0.25) is 0 Å². The van der Waals surface area contributed by atoms with Crippen LogP contribution in [0.25, 0.3) is 0 Å². The fourth-order valence-corrected chi connectivity index (χ4v) is 3.58. The zero-order chi connectivity index (χ0) is 13.2. The third kappa shape index (κ3) is 2.73. The molecule has 1 aromatic carbocycles. The Kier molecular flexibility index (Phi) is 3.42. The molecular formula is C13H17N5S. The molecule has 0 bridgehead atoms. The average Bonchev–Trinajstić information content (AvgIpc) is 2.96. The van der Waals surface area contributed by atoms with Crippen LogP contribution in [-0.4, -0.2) is 20.2 Å². The van der Waals surface area contributed by atoms with Crippen LogP contribution in [0.1, 0.15) is 37.3 Å². The number of anilines is 1. The molecule has 0 radical (unpaired) electrons. The summed E-state index contributed by atoms with van der Waals surface area (Å²) in [5, 5.41) is 13.0. The quantitative estimate of drug-likeness (QED) is 0.872. The molecular weight excluding hydrogens is 258 g/mol. The van der Waals surface area contributed by atoms with Gasteiger partial charge in [0.1, 0.15) is 0 Å². The number of aromatic nitrogens is 4. The summed E-state index contributed by atoms with van der Waals surface area (Å²) in [7, 11) is 0. The van der Waals surface area contributed by atoms with Gasteiger partial charge in [0.2, 0.25) is 5.16 Å². The van der Waals surface area contributed by atoms with Crippen LogP contribution in [-0.2, 0) is 0 Å². The van der Waals surface area contributed by atoms with Gasteiger partial charge in [-0.15, -0.1) is 5.10 Å². The minimum absolute atomic E-state index is 0.458. The van der Waals surface area contributed by atoms with Gasteiger partial charge in [0.25, 0.3) is 0 Å². The minimum Gasteiger partial charge on any atom is -0.399 e. The standard InChI is InChI=1S/C13H17N5S/c1-9-6-10(14)8-12(7-9)19-13-15-16-17-18(13)11-4-2-3-5-11/h6-8,11H,2-5,14H2,1H3. The SMILES string of the molecule is Cc1cc(N)cc(Sc2nnnn2C2CCCC2)c1. The molecule has 0 amide bonds. The van der Waals surface area contributed by atoms with Crippen molar-refractivity contribution in [3.63, 3.8) is 0 Å². The maximum atomic E-state index is 5.88. The molecule has 1 fully saturated rings. The summed E-state index contributed by atoms with van der Waals surface area (Å²) in [5.74, 6) is 0. The smallest absolute Gasteiger partial charge is 0.214 e. The summed E-state index contributed by atoms with van der Waals surface area (Å²) in [4.78, 5) is 1.09. The average molecular weight is 275 g/mol. The normalized spacial score (nSPS) is 16.1. The molecule has 0 aliphatic heterocycles. The van der Waals surface area contributed by atoms with Crippen molar-refractivity contribution < 1.29 is 0 Å². The minimum atomic E-state index is 0.458. The number of benzene rings is 1. The molecule has 1 saturated carbocycles. The molecule has 1 aromatic heterocycles. The number of nitrogen functional groups attached to an aromatic ring is 1. The van der Waals surface area contributed by atoms with E-state index in [1.807, 2.05) is 23.7 Å². The van der Waals surface area contributed by atoms with Gasteiger partial charge in [-0.2, -0.15) is 0 Å². The Balaban J connectivity index is 1.85. The first-order valence-corrected chi connectivity index (χ1v) is 7.37. The molecule has 0 unspecified atom stereocenters. The van der Waals surface area contributed by atoms with Crippen LogP contribution >= 0.6 is 11.8 Å². The molecule has 0 saturated heterocycles. The second-order valence-electron chi connectivity index (χ2n) is 5.03. The van der Waals surface area contributed by atoms with Crippen molar-refractivity contribution in [2.24, 2.45) is 0 Å². The number of tetrazole rings is 1. The Morgan fingerprint density at radius 3 is 2.79 bits per heavy atom. The van der Waals surface area contributed by atoms with Crippen LogP contribution < -0.4 is 5.73 Å². The summed E-state index contributed by atoms with van der Waals surface area (Å²) in [6.07, 6.45) is 4.89. The van der Waals surface area contributed by atoms with Crippen LogP contribution in [0.15, 0.2) is 28.3 Å². The van der Waals surface area contributed by atoms with Crippen LogP contribution in [0.3, 0.4) is 0 Å². The van der Waals surface area contributed by atoms with E-state index in [0.29, 0.717) is 6.04 Å². The summed E-state index contributed by atoms with van der Waals surface area (Å²) in [6, 6.07) is 6.49. The van der Waals surface area contributed by atoms with E-state index in [9.17, 15) is 0 Å². The summed E-state index contributed by atoms with van der Waals surface area (Å²) >= 11 is 1.58. The van der Waals surface area contributed by atoms with Crippen molar-refractivity contribution in [3.8, 4) is 0 Å². The Morgan fingerprint density at radius 2 is 2.05 bits per heavy atom. The van der Waals surface area contributed by atoms with Gasteiger partial charge >= 0.3 is 0 Å². The highest BCUT2D eigenvalue weighted by atomic mass is 32.2. The van der Waals surface area contributed by atoms with Crippen molar-refractivity contribution in [1.29, 1.82) is 0 Å². The van der Waals surface area contributed by atoms with Crippen LogP contribution in [0.5, 0.6) is 0 Å². The van der Waals surface area contributed by atoms with Gasteiger partial charge in [0.05, 0.1) is 6.04 Å². The van der Waals surface area contributed by atoms with Crippen LogP contribution in [0.4, 0.5) is 5.69 Å². The molecule has 0 atom stereocenters. The van der Waals surface area contributed by atoms with Crippen molar-refractivity contribution in [2.45, 2.75) is 48.7 Å². The number of nitrogens with two attached hydrogens (primary N) is 1. The van der Waals surface area contributed by atoms with Gasteiger partial charge in [-0.25, -0.2) is 4.68 Å². The largest absolute Gasteiger partial charge is 0.399 e. The van der Waals surface area contributed by atoms with E-state index in [1.54, 1.807) is 11.8 Å². The number of hydrogen-bond donors (Lipinski definition) is 1. The van der Waals surface area contributed by atoms with Gasteiger partial charge in [0.15, 0.2) is 0 Å². The van der Waals surface area contributed by atoms with E-state index in [1.165, 1.54) is 25.7 Å². The fourth-order valence-electron chi connectivity index (χ4n) is 2.57. The maximum absolute atomic E-state index is 5.88. The van der Waals surface area contributed by atoms with E-state index in [2.05, 4.69) is 21.6 Å². The van der Waals surface area contributed by atoms with Crippen molar-refractivity contribution in [3.05, 3.63) is 23.8 Å². The summed E-state index contributed by atoms with van der Waals surface area (Å²) in [5.41, 5.74) is 7.81. The molecule has 6 heteroatoms. The Hall–Kier alpha value is -1.56. The van der Waals surface area contributed by atoms with E-state index in [4.69, 9.17) is 5.73 Å². The third-order valence-corrected chi connectivity index (χ3v) is 4.34. The third-order valence-electron chi connectivity index (χ3n) is 3.42. The van der Waals surface area contributed by atoms with E-state index in [-0.39, 0.29) is 0 Å². The predicted molar refractivity (Wildman–Crippen MR) is 75.0 cm³/mol. The molecule has 2 N–H and O–H groups in total. The first-order chi connectivity index (χ1) is 9.22. The van der Waals surface area contributed by atoms with E-state index in [0.717, 1.165) is 21.3 Å². The van der Waals surface area contributed by atoms with Gasteiger partial charge < -0.3 is 5.73 Å². The highest BCUT2D eigenvalue weighted by Gasteiger charge is 2.21. The second kappa shape index (κ2) is 5.21. The molecule has 100 valence electrons. The lowest BCUT2D eigenvalue weighted by Crippen LogP contribution is -2.08. The zero-order valence-corrected chi connectivity index (χ0v) is 11.7. The lowest BCUT2D eigenvalue weighted by atomic mass is 10.2. The second-order valence-corrected chi connectivity index (χ2v) is 6.07. The molecule has 2 aromatic rings. The highest BCUT2D eigenvalue weighted by Crippen LogP contribution is 2.34. The lowest BCUT2D eigenvalue weighted by molar-refractivity contribution is 0.423. The summed E-state index contributed by atoms with van der Waals surface area (Å²) < 4.78 is 1.97. The lowest BCUT2D eigenvalue weighted by Gasteiger charge is -2.11. The van der Waals surface area contributed by atoms with Gasteiger partial charge in [0, 0.05) is 10.6 Å². The Morgan fingerprint density at radius 1 is 1.26 bits per heavy atom. The number of nitrogens with zero attached hydrogens (tertiary/aromatic N) is 4. The van der Waals surface area contributed by atoms with E-state index < -0.39 is 0 Å². The molecule has 3 rings (SSSR count). The van der Waals surface area contributed by atoms with Gasteiger partial charge in [-0.05, 0) is 65.7 Å². The molecule has 1 heterocycles. The highest BCUT2D eigenvalue weighted by molar-refractivity contribution is 7.99. The molecule has 19 heavy (non-hydrogen) atoms. The Bertz CT molecular complexity index is 554. The van der Waals surface area contributed by atoms with Gasteiger partial charge in [-0.3, -0.25) is 0 Å². The van der Waals surface area contributed by atoms with Crippen molar-refractivity contribution in [2.75, 3.05) is 5.73 Å². The molecule has 0 spiro atoms. The molecule has 1 aliphatic carbocycles. The number of hydrogen-bond acceptors (Lipinski definition) is 5. The predicted octanol–water partition coefficient (Wildman–Crippen LogP) is 2.83. The van der Waals surface area contributed by atoms with Gasteiger partial charge in [-0.1, -0.05) is 12.8 Å². The van der Waals surface area contributed by atoms with Crippen LogP contribution in [0, 0.1) is 6.92 Å². The van der Waals surface area contributed by atoms with Crippen molar-refractivity contribution >= 4 is 17.4 Å². The number of aryl methyl sites for hydroxylation is 1. The van der Waals surface area contributed by atoms with E-state index >= 15 is 0 Å². The number of rotatable bonds is 3. The monoisotopic (exact) mass is 275 g/mol. The zero-order valence-electron chi connectivity index (χ0n) is 10.9. The maximum Gasteiger partial charge on any atom is 0.214 e. The molecule has 5 nitrogen and oxygen atoms in total. The van der Waals surface area contributed by atoms with Crippen molar-refractivity contribution in [1.82, 2.24) is 20.2 Å². The Labute approximate surface area is 116 Å².